The van der Waals surface area contributed by atoms with Crippen molar-refractivity contribution in [3.05, 3.63) is 54.1 Å². The Morgan fingerprint density at radius 2 is 1.64 bits per heavy atom. The second-order valence-corrected chi connectivity index (χ2v) is 7.52. The average molecular weight is 450 g/mol. The molecule has 2 aromatic rings. The smallest absolute Gasteiger partial charge is 0.240 e. The summed E-state index contributed by atoms with van der Waals surface area (Å²) < 4.78 is 10.5. The van der Waals surface area contributed by atoms with Crippen molar-refractivity contribution in [2.24, 2.45) is 5.92 Å². The van der Waals surface area contributed by atoms with E-state index < -0.39 is 12.0 Å². The molecule has 33 heavy (non-hydrogen) atoms. The molecule has 0 spiro atoms. The Bertz CT molecular complexity index is 1030. The van der Waals surface area contributed by atoms with Gasteiger partial charge in [-0.2, -0.15) is 0 Å². The van der Waals surface area contributed by atoms with Gasteiger partial charge in [0.2, 0.25) is 17.7 Å². The van der Waals surface area contributed by atoms with Crippen LogP contribution >= 0.6 is 0 Å². The summed E-state index contributed by atoms with van der Waals surface area (Å²) in [6.45, 7) is -0.102. The van der Waals surface area contributed by atoms with Crippen LogP contribution < -0.4 is 25.0 Å². The van der Waals surface area contributed by atoms with E-state index in [1.54, 1.807) is 55.5 Å². The topological polar surface area (TPSA) is 97.0 Å². The standard InChI is InChI=1S/C25H27N3O5/c1-4-15-26-22(29)16-27-25(31)21-13-14-23(30)28(18-7-11-20(33-3)12-8-18)24(21)17-5-9-19(32-2)10-6-17/h1,5-12,21,24H,13-16H2,2-3H3,(H,26,29)(H,27,31). The molecule has 3 rings (SSSR count). The van der Waals surface area contributed by atoms with E-state index in [9.17, 15) is 14.4 Å². The number of nitrogens with zero attached hydrogens (tertiary/aromatic N) is 1. The lowest BCUT2D eigenvalue weighted by atomic mass is 9.83. The van der Waals surface area contributed by atoms with Crippen LogP contribution in [0.5, 0.6) is 11.5 Å². The number of methoxy groups -OCH3 is 2. The maximum atomic E-state index is 13.2. The van der Waals surface area contributed by atoms with Gasteiger partial charge in [0, 0.05) is 12.1 Å². The van der Waals surface area contributed by atoms with Crippen LogP contribution in [0, 0.1) is 18.3 Å². The molecule has 3 amide bonds. The molecule has 0 bridgehead atoms. The van der Waals surface area contributed by atoms with Crippen LogP contribution in [0.15, 0.2) is 48.5 Å². The quantitative estimate of drug-likeness (QED) is 0.602. The van der Waals surface area contributed by atoms with E-state index in [2.05, 4.69) is 16.6 Å². The van der Waals surface area contributed by atoms with Gasteiger partial charge < -0.3 is 25.0 Å². The third kappa shape index (κ3) is 5.63. The largest absolute Gasteiger partial charge is 0.497 e. The third-order valence-corrected chi connectivity index (χ3v) is 5.55. The summed E-state index contributed by atoms with van der Waals surface area (Å²) in [6.07, 6.45) is 5.72. The zero-order chi connectivity index (χ0) is 23.8. The summed E-state index contributed by atoms with van der Waals surface area (Å²) in [4.78, 5) is 39.8. The predicted molar refractivity (Wildman–Crippen MR) is 124 cm³/mol. The number of amides is 3. The zero-order valence-corrected chi connectivity index (χ0v) is 18.7. The van der Waals surface area contributed by atoms with Crippen molar-refractivity contribution in [1.82, 2.24) is 10.6 Å². The first-order valence-electron chi connectivity index (χ1n) is 10.6. The van der Waals surface area contributed by atoms with Gasteiger partial charge in [-0.05, 0) is 48.4 Å². The van der Waals surface area contributed by atoms with Crippen molar-refractivity contribution in [3.63, 3.8) is 0 Å². The van der Waals surface area contributed by atoms with Crippen molar-refractivity contribution in [3.8, 4) is 23.8 Å². The summed E-state index contributed by atoms with van der Waals surface area (Å²) in [5, 5.41) is 5.20. The van der Waals surface area contributed by atoms with Crippen LogP contribution in [-0.2, 0) is 14.4 Å². The molecule has 1 aliphatic heterocycles. The van der Waals surface area contributed by atoms with E-state index in [0.717, 1.165) is 5.56 Å². The number of piperidine rings is 1. The SMILES string of the molecule is C#CCNC(=O)CNC(=O)C1CCC(=O)N(c2ccc(OC)cc2)C1c1ccc(OC)cc1. The Labute approximate surface area is 193 Å². The lowest BCUT2D eigenvalue weighted by molar-refractivity contribution is -0.131. The molecule has 0 saturated carbocycles. The molecule has 2 aromatic carbocycles. The Kier molecular flexibility index (Phi) is 7.92. The first kappa shape index (κ1) is 23.7. The number of rotatable bonds is 8. The van der Waals surface area contributed by atoms with Gasteiger partial charge in [0.15, 0.2) is 0 Å². The van der Waals surface area contributed by atoms with Crippen molar-refractivity contribution in [2.45, 2.75) is 18.9 Å². The van der Waals surface area contributed by atoms with Gasteiger partial charge >= 0.3 is 0 Å². The zero-order valence-electron chi connectivity index (χ0n) is 18.7. The lowest BCUT2D eigenvalue weighted by Crippen LogP contribution is -2.49. The number of terminal acetylenes is 1. The maximum absolute atomic E-state index is 13.2. The molecule has 2 unspecified atom stereocenters. The van der Waals surface area contributed by atoms with Crippen LogP contribution in [0.3, 0.4) is 0 Å². The molecule has 8 heteroatoms. The number of anilines is 1. The number of carbonyl (C=O) groups is 3. The number of nitrogens with one attached hydrogen (secondary N) is 2. The highest BCUT2D eigenvalue weighted by Gasteiger charge is 2.41. The Morgan fingerprint density at radius 3 is 2.21 bits per heavy atom. The van der Waals surface area contributed by atoms with Gasteiger partial charge in [0.05, 0.1) is 39.3 Å². The first-order chi connectivity index (χ1) is 16.0. The molecule has 1 heterocycles. The Hall–Kier alpha value is -3.99. The van der Waals surface area contributed by atoms with Crippen molar-refractivity contribution >= 4 is 23.4 Å². The lowest BCUT2D eigenvalue weighted by Gasteiger charge is -2.41. The molecule has 1 aliphatic rings. The van der Waals surface area contributed by atoms with Crippen LogP contribution in [0.4, 0.5) is 5.69 Å². The van der Waals surface area contributed by atoms with Gasteiger partial charge in [-0.25, -0.2) is 0 Å². The van der Waals surface area contributed by atoms with Gasteiger partial charge in [0.25, 0.3) is 0 Å². The Balaban J connectivity index is 1.93. The van der Waals surface area contributed by atoms with Crippen molar-refractivity contribution < 1.29 is 23.9 Å². The molecule has 2 N–H and O–H groups in total. The second-order valence-electron chi connectivity index (χ2n) is 7.52. The Morgan fingerprint density at radius 1 is 1.03 bits per heavy atom. The van der Waals surface area contributed by atoms with E-state index in [4.69, 9.17) is 15.9 Å². The number of hydrogen-bond donors (Lipinski definition) is 2. The monoisotopic (exact) mass is 449 g/mol. The number of hydrogen-bond acceptors (Lipinski definition) is 5. The summed E-state index contributed by atoms with van der Waals surface area (Å²) in [6, 6.07) is 13.9. The fourth-order valence-corrected chi connectivity index (χ4v) is 3.91. The number of benzene rings is 2. The maximum Gasteiger partial charge on any atom is 0.240 e. The summed E-state index contributed by atoms with van der Waals surface area (Å²) in [7, 11) is 3.14. The van der Waals surface area contributed by atoms with Gasteiger partial charge in [-0.1, -0.05) is 18.1 Å². The highest BCUT2D eigenvalue weighted by Crippen LogP contribution is 2.40. The molecular formula is C25H27N3O5. The molecule has 0 radical (unpaired) electrons. The first-order valence-corrected chi connectivity index (χ1v) is 10.6. The van der Waals surface area contributed by atoms with Crippen molar-refractivity contribution in [1.29, 1.82) is 0 Å². The third-order valence-electron chi connectivity index (χ3n) is 5.55. The molecule has 8 nitrogen and oxygen atoms in total. The number of ether oxygens (including phenoxy) is 2. The molecular weight excluding hydrogens is 422 g/mol. The minimum atomic E-state index is -0.557. The second kappa shape index (κ2) is 11.0. The van der Waals surface area contributed by atoms with E-state index in [1.165, 1.54) is 0 Å². The van der Waals surface area contributed by atoms with E-state index in [0.29, 0.717) is 23.6 Å². The molecule has 172 valence electrons. The van der Waals surface area contributed by atoms with Gasteiger partial charge in [0.1, 0.15) is 11.5 Å². The molecule has 1 fully saturated rings. The molecule has 0 aliphatic carbocycles. The predicted octanol–water partition coefficient (Wildman–Crippen LogP) is 2.05. The van der Waals surface area contributed by atoms with Crippen LogP contribution in [0.2, 0.25) is 0 Å². The molecule has 2 atom stereocenters. The normalized spacial score (nSPS) is 17.6. The highest BCUT2D eigenvalue weighted by molar-refractivity contribution is 5.98. The molecule has 1 saturated heterocycles. The fraction of sp³-hybridized carbons (Fsp3) is 0.320. The van der Waals surface area contributed by atoms with Crippen LogP contribution in [0.25, 0.3) is 0 Å². The minimum absolute atomic E-state index is 0.0863. The van der Waals surface area contributed by atoms with E-state index >= 15 is 0 Å². The summed E-state index contributed by atoms with van der Waals surface area (Å²) >= 11 is 0. The van der Waals surface area contributed by atoms with Gasteiger partial charge in [-0.3, -0.25) is 14.4 Å². The van der Waals surface area contributed by atoms with Gasteiger partial charge in [-0.15, -0.1) is 6.42 Å². The molecule has 0 aromatic heterocycles. The highest BCUT2D eigenvalue weighted by atomic mass is 16.5. The summed E-state index contributed by atoms with van der Waals surface area (Å²) in [5.74, 6) is 2.32. The summed E-state index contributed by atoms with van der Waals surface area (Å²) in [5.41, 5.74) is 1.45. The minimum Gasteiger partial charge on any atom is -0.497 e. The average Bonchev–Trinajstić information content (AvgIpc) is 2.86. The van der Waals surface area contributed by atoms with Crippen molar-refractivity contribution in [2.75, 3.05) is 32.2 Å². The number of carbonyl (C=O) groups excluding carboxylic acids is 3. The van der Waals surface area contributed by atoms with E-state index in [1.807, 2.05) is 12.1 Å². The van der Waals surface area contributed by atoms with Crippen LogP contribution in [0.1, 0.15) is 24.4 Å². The fourth-order valence-electron chi connectivity index (χ4n) is 3.91. The van der Waals surface area contributed by atoms with E-state index in [-0.39, 0.29) is 37.2 Å². The van der Waals surface area contributed by atoms with Crippen LogP contribution in [-0.4, -0.2) is 45.0 Å².